The first-order chi connectivity index (χ1) is 8.65. The van der Waals surface area contributed by atoms with Crippen molar-refractivity contribution < 1.29 is 29.2 Å². The van der Waals surface area contributed by atoms with Crippen LogP contribution in [-0.2, 0) is 19.0 Å². The minimum absolute atomic E-state index is 0.461. The second-order valence-electron chi connectivity index (χ2n) is 5.24. The number of esters is 1. The van der Waals surface area contributed by atoms with Gasteiger partial charge in [-0.3, -0.25) is 0 Å². The van der Waals surface area contributed by atoms with Crippen LogP contribution in [-0.4, -0.2) is 53.0 Å². The number of aliphatic hydroxyl groups excluding tert-OH is 2. The highest BCUT2D eigenvalue weighted by Crippen LogP contribution is 2.44. The third-order valence-electron chi connectivity index (χ3n) is 3.98. The van der Waals surface area contributed by atoms with Crippen molar-refractivity contribution >= 4 is 5.97 Å². The monoisotopic (exact) mass is 258 g/mol. The molecule has 3 fully saturated rings. The molecule has 4 atom stereocenters. The molecule has 0 bridgehead atoms. The number of aliphatic hydroxyl groups is 2. The Kier molecular flexibility index (Phi) is 3.05. The van der Waals surface area contributed by atoms with Crippen LogP contribution in [0.15, 0.2) is 0 Å². The van der Waals surface area contributed by atoms with Gasteiger partial charge in [0.1, 0.15) is 12.2 Å². The standard InChI is InChI=1S/C12H18O6/c13-6-7(14)8-9-10(11(15)16-8)18-12(17-9)4-2-1-3-5-12/h7-10,13-14H,1-6H2/t7-,8-,9-,10+/m1/s1. The molecule has 0 aromatic heterocycles. The van der Waals surface area contributed by atoms with Crippen molar-refractivity contribution in [2.24, 2.45) is 0 Å². The number of carbonyl (C=O) groups is 1. The van der Waals surface area contributed by atoms with Gasteiger partial charge in [0.15, 0.2) is 18.0 Å². The molecule has 2 N–H and O–H groups in total. The van der Waals surface area contributed by atoms with E-state index in [0.717, 1.165) is 32.1 Å². The molecule has 102 valence electrons. The molecule has 3 rings (SSSR count). The Hall–Kier alpha value is -0.690. The maximum Gasteiger partial charge on any atom is 0.338 e. The highest BCUT2D eigenvalue weighted by molar-refractivity contribution is 5.78. The average Bonchev–Trinajstić information content (AvgIpc) is 2.87. The minimum Gasteiger partial charge on any atom is -0.455 e. The summed E-state index contributed by atoms with van der Waals surface area (Å²) >= 11 is 0. The van der Waals surface area contributed by atoms with Crippen molar-refractivity contribution in [2.75, 3.05) is 6.61 Å². The third kappa shape index (κ3) is 1.84. The van der Waals surface area contributed by atoms with Gasteiger partial charge >= 0.3 is 5.97 Å². The summed E-state index contributed by atoms with van der Waals surface area (Å²) in [5, 5.41) is 18.6. The van der Waals surface area contributed by atoms with Crippen LogP contribution in [0.3, 0.4) is 0 Å². The number of rotatable bonds is 2. The van der Waals surface area contributed by atoms with E-state index < -0.39 is 42.8 Å². The van der Waals surface area contributed by atoms with Crippen molar-refractivity contribution in [3.63, 3.8) is 0 Å². The minimum atomic E-state index is -1.12. The zero-order valence-corrected chi connectivity index (χ0v) is 10.1. The molecule has 0 unspecified atom stereocenters. The van der Waals surface area contributed by atoms with Gasteiger partial charge in [0.25, 0.3) is 0 Å². The lowest BCUT2D eigenvalue weighted by molar-refractivity contribution is -0.222. The largest absolute Gasteiger partial charge is 0.455 e. The highest BCUT2D eigenvalue weighted by atomic mass is 16.8. The van der Waals surface area contributed by atoms with Crippen LogP contribution in [0.4, 0.5) is 0 Å². The fraction of sp³-hybridized carbons (Fsp3) is 0.917. The Morgan fingerprint density at radius 1 is 1.28 bits per heavy atom. The summed E-state index contributed by atoms with van der Waals surface area (Å²) in [5.41, 5.74) is 0. The number of hydrogen-bond acceptors (Lipinski definition) is 6. The Morgan fingerprint density at radius 3 is 2.67 bits per heavy atom. The predicted octanol–water partition coefficient (Wildman–Crippen LogP) is -0.291. The summed E-state index contributed by atoms with van der Waals surface area (Å²) in [6, 6.07) is 0. The van der Waals surface area contributed by atoms with E-state index in [1.165, 1.54) is 0 Å². The van der Waals surface area contributed by atoms with Crippen molar-refractivity contribution in [1.29, 1.82) is 0 Å². The van der Waals surface area contributed by atoms with Crippen molar-refractivity contribution in [1.82, 2.24) is 0 Å². The summed E-state index contributed by atoms with van der Waals surface area (Å²) in [6.07, 6.45) is 1.43. The number of fused-ring (bicyclic) bond motifs is 1. The average molecular weight is 258 g/mol. The molecule has 6 heteroatoms. The van der Waals surface area contributed by atoms with E-state index in [2.05, 4.69) is 0 Å². The van der Waals surface area contributed by atoms with Crippen molar-refractivity contribution in [3.8, 4) is 0 Å². The van der Waals surface area contributed by atoms with E-state index in [1.807, 2.05) is 0 Å². The van der Waals surface area contributed by atoms with Gasteiger partial charge in [0, 0.05) is 12.8 Å². The van der Waals surface area contributed by atoms with Crippen molar-refractivity contribution in [3.05, 3.63) is 0 Å². The number of carbonyl (C=O) groups excluding carboxylic acids is 1. The molecule has 2 aliphatic heterocycles. The molecule has 0 radical (unpaired) electrons. The molecular formula is C12H18O6. The molecule has 18 heavy (non-hydrogen) atoms. The number of ether oxygens (including phenoxy) is 3. The van der Waals surface area contributed by atoms with Gasteiger partial charge in [-0.1, -0.05) is 6.42 Å². The second kappa shape index (κ2) is 4.45. The quantitative estimate of drug-likeness (QED) is 0.662. The van der Waals surface area contributed by atoms with Gasteiger partial charge in [-0.15, -0.1) is 0 Å². The first kappa shape index (κ1) is 12.3. The molecular weight excluding hydrogens is 240 g/mol. The van der Waals surface area contributed by atoms with Gasteiger partial charge in [0.05, 0.1) is 6.61 Å². The van der Waals surface area contributed by atoms with E-state index in [0.29, 0.717) is 0 Å². The Bertz CT molecular complexity index is 337. The van der Waals surface area contributed by atoms with Gasteiger partial charge in [0.2, 0.25) is 0 Å². The smallest absolute Gasteiger partial charge is 0.338 e. The van der Waals surface area contributed by atoms with E-state index in [4.69, 9.17) is 19.3 Å². The molecule has 3 aliphatic rings. The van der Waals surface area contributed by atoms with Crippen LogP contribution in [0.25, 0.3) is 0 Å². The molecule has 1 saturated carbocycles. The molecule has 0 aromatic rings. The third-order valence-corrected chi connectivity index (χ3v) is 3.98. The predicted molar refractivity (Wildman–Crippen MR) is 58.5 cm³/mol. The Morgan fingerprint density at radius 2 is 2.00 bits per heavy atom. The lowest BCUT2D eigenvalue weighted by Gasteiger charge is -2.33. The zero-order valence-electron chi connectivity index (χ0n) is 10.1. The van der Waals surface area contributed by atoms with Crippen LogP contribution in [0.2, 0.25) is 0 Å². The lowest BCUT2D eigenvalue weighted by atomic mass is 9.94. The van der Waals surface area contributed by atoms with Gasteiger partial charge in [-0.2, -0.15) is 0 Å². The number of hydrogen-bond donors (Lipinski definition) is 2. The Balaban J connectivity index is 1.77. The highest BCUT2D eigenvalue weighted by Gasteiger charge is 2.60. The van der Waals surface area contributed by atoms with Crippen LogP contribution in [0.1, 0.15) is 32.1 Å². The van der Waals surface area contributed by atoms with Crippen LogP contribution < -0.4 is 0 Å². The second-order valence-corrected chi connectivity index (χ2v) is 5.24. The molecule has 0 amide bonds. The molecule has 2 saturated heterocycles. The van der Waals surface area contributed by atoms with Gasteiger partial charge < -0.3 is 24.4 Å². The maximum atomic E-state index is 11.7. The zero-order chi connectivity index (χ0) is 12.8. The maximum absolute atomic E-state index is 11.7. The molecule has 1 aliphatic carbocycles. The fourth-order valence-electron chi connectivity index (χ4n) is 3.05. The normalized spacial score (nSPS) is 39.7. The Labute approximate surface area is 105 Å². The lowest BCUT2D eigenvalue weighted by Crippen LogP contribution is -2.41. The summed E-state index contributed by atoms with van der Waals surface area (Å²) in [5.74, 6) is -1.18. The summed E-state index contributed by atoms with van der Waals surface area (Å²) in [7, 11) is 0. The summed E-state index contributed by atoms with van der Waals surface area (Å²) in [6.45, 7) is -0.461. The van der Waals surface area contributed by atoms with Crippen molar-refractivity contribution in [2.45, 2.75) is 62.3 Å². The van der Waals surface area contributed by atoms with E-state index in [1.54, 1.807) is 0 Å². The first-order valence-corrected chi connectivity index (χ1v) is 6.50. The van der Waals surface area contributed by atoms with Gasteiger partial charge in [-0.05, 0) is 12.8 Å². The summed E-state index contributed by atoms with van der Waals surface area (Å²) in [4.78, 5) is 11.7. The first-order valence-electron chi connectivity index (χ1n) is 6.50. The summed E-state index contributed by atoms with van der Waals surface area (Å²) < 4.78 is 16.7. The molecule has 1 spiro atoms. The van der Waals surface area contributed by atoms with Crippen LogP contribution in [0.5, 0.6) is 0 Å². The molecule has 2 heterocycles. The van der Waals surface area contributed by atoms with Gasteiger partial charge in [-0.25, -0.2) is 4.79 Å². The van der Waals surface area contributed by atoms with Crippen LogP contribution >= 0.6 is 0 Å². The van der Waals surface area contributed by atoms with E-state index in [9.17, 15) is 9.90 Å². The fourth-order valence-corrected chi connectivity index (χ4v) is 3.05. The SMILES string of the molecule is O=C1O[C@H]([C@H](O)CO)[C@H]2OC3(CCCCC3)O[C@H]12. The number of cyclic esters (lactones) is 1. The molecule has 6 nitrogen and oxygen atoms in total. The van der Waals surface area contributed by atoms with E-state index in [-0.39, 0.29) is 0 Å². The van der Waals surface area contributed by atoms with Crippen LogP contribution in [0, 0.1) is 0 Å². The van der Waals surface area contributed by atoms with E-state index >= 15 is 0 Å². The molecule has 0 aromatic carbocycles. The topological polar surface area (TPSA) is 85.2 Å².